The molecule has 0 N–H and O–H groups in total. The molecular weight excluding hydrogens is 497 g/mol. The molecule has 3 heterocycles. The van der Waals surface area contributed by atoms with Crippen LogP contribution < -0.4 is 0 Å². The van der Waals surface area contributed by atoms with Crippen LogP contribution in [0.5, 0.6) is 0 Å². The maximum atomic E-state index is 13.8. The average Bonchev–Trinajstić information content (AvgIpc) is 3.63. The van der Waals surface area contributed by atoms with Crippen LogP contribution >= 0.6 is 11.6 Å². The molecular formula is C25H20ClF3N4O3. The summed E-state index contributed by atoms with van der Waals surface area (Å²) in [5.41, 5.74) is 0.746. The quantitative estimate of drug-likeness (QED) is 0.335. The molecule has 11 heteroatoms. The van der Waals surface area contributed by atoms with Gasteiger partial charge in [0.1, 0.15) is 11.9 Å². The molecule has 7 nitrogen and oxygen atoms in total. The number of ether oxygens (including phenoxy) is 1. The van der Waals surface area contributed by atoms with E-state index < -0.39 is 34.7 Å². The first kappa shape index (κ1) is 24.2. The maximum Gasteiger partial charge on any atom is 0.417 e. The number of pyridine rings is 1. The van der Waals surface area contributed by atoms with E-state index in [1.54, 1.807) is 31.3 Å². The highest BCUT2D eigenvalue weighted by Gasteiger charge is 2.38. The number of halogens is 4. The Morgan fingerprint density at radius 2 is 1.94 bits per heavy atom. The SMILES string of the molecule is Cc1cnc2n1-c1c(ccc(C(F)(F)F)c1Cl)C(c1ccccn1)=N[C@H]2CCC(=O)OC(=O)C1CC1. The highest BCUT2D eigenvalue weighted by Crippen LogP contribution is 2.43. The standard InChI is InChI=1S/C25H20ClF3N4O3/c1-13-12-31-23-18(9-10-19(34)36-24(35)14-5-6-14)32-21(17-4-2-3-11-30-17)15-7-8-16(25(27,28)29)20(26)22(15)33(13)23/h2-4,7-8,11-12,14,18H,5-6,9-10H2,1H3/t18-/m0/s1. The van der Waals surface area contributed by atoms with Gasteiger partial charge in [-0.2, -0.15) is 13.2 Å². The summed E-state index contributed by atoms with van der Waals surface area (Å²) in [7, 11) is 0. The van der Waals surface area contributed by atoms with Crippen LogP contribution in [0.1, 0.15) is 60.1 Å². The number of imidazole rings is 1. The molecule has 1 saturated carbocycles. The fraction of sp³-hybridized carbons (Fsp3) is 0.320. The zero-order valence-corrected chi connectivity index (χ0v) is 19.8. The molecule has 2 aromatic heterocycles. The van der Waals surface area contributed by atoms with Crippen LogP contribution in [0.4, 0.5) is 13.2 Å². The van der Waals surface area contributed by atoms with Gasteiger partial charge in [0.05, 0.1) is 33.6 Å². The lowest BCUT2D eigenvalue weighted by molar-refractivity contribution is -0.160. The molecule has 0 spiro atoms. The molecule has 1 aromatic carbocycles. The lowest BCUT2D eigenvalue weighted by atomic mass is 10.0. The number of esters is 2. The minimum Gasteiger partial charge on any atom is -0.393 e. The smallest absolute Gasteiger partial charge is 0.393 e. The van der Waals surface area contributed by atoms with E-state index in [0.717, 1.165) is 6.07 Å². The molecule has 1 aliphatic carbocycles. The number of aromatic nitrogens is 3. The van der Waals surface area contributed by atoms with Crippen molar-refractivity contribution in [1.29, 1.82) is 0 Å². The van der Waals surface area contributed by atoms with Crippen LogP contribution in [0.15, 0.2) is 47.7 Å². The summed E-state index contributed by atoms with van der Waals surface area (Å²) in [6.45, 7) is 1.70. The highest BCUT2D eigenvalue weighted by atomic mass is 35.5. The predicted octanol–water partition coefficient (Wildman–Crippen LogP) is 5.40. The summed E-state index contributed by atoms with van der Waals surface area (Å²) in [5, 5.41) is -0.485. The molecule has 1 aliphatic heterocycles. The Morgan fingerprint density at radius 3 is 2.61 bits per heavy atom. The lowest BCUT2D eigenvalue weighted by Gasteiger charge is -2.19. The third-order valence-electron chi connectivity index (χ3n) is 6.10. The third-order valence-corrected chi connectivity index (χ3v) is 6.49. The number of rotatable bonds is 5. The Kier molecular flexibility index (Phi) is 6.15. The van der Waals surface area contributed by atoms with E-state index in [9.17, 15) is 22.8 Å². The number of carbonyl (C=O) groups is 2. The summed E-state index contributed by atoms with van der Waals surface area (Å²) in [6, 6.07) is 6.65. The number of aliphatic imine (C=N–C) groups is 1. The highest BCUT2D eigenvalue weighted by molar-refractivity contribution is 6.34. The van der Waals surface area contributed by atoms with Crippen molar-refractivity contribution in [3.63, 3.8) is 0 Å². The third kappa shape index (κ3) is 4.53. The van der Waals surface area contributed by atoms with E-state index in [4.69, 9.17) is 21.3 Å². The van der Waals surface area contributed by atoms with Gasteiger partial charge in [0.25, 0.3) is 0 Å². The second-order valence-corrected chi connectivity index (χ2v) is 9.11. The van der Waals surface area contributed by atoms with E-state index in [1.807, 2.05) is 0 Å². The first-order valence-corrected chi connectivity index (χ1v) is 11.7. The number of alkyl halides is 3. The van der Waals surface area contributed by atoms with E-state index >= 15 is 0 Å². The largest absolute Gasteiger partial charge is 0.417 e. The van der Waals surface area contributed by atoms with E-state index in [1.165, 1.54) is 16.8 Å². The fourth-order valence-electron chi connectivity index (χ4n) is 4.18. The minimum absolute atomic E-state index is 0.0925. The Bertz CT molecular complexity index is 1380. The van der Waals surface area contributed by atoms with Crippen LogP contribution in [0.25, 0.3) is 5.69 Å². The van der Waals surface area contributed by atoms with Crippen LogP contribution in [-0.4, -0.2) is 32.2 Å². The van der Waals surface area contributed by atoms with Gasteiger partial charge < -0.3 is 4.74 Å². The molecule has 0 bridgehead atoms. The van der Waals surface area contributed by atoms with Gasteiger partial charge in [0, 0.05) is 30.1 Å². The van der Waals surface area contributed by atoms with Gasteiger partial charge in [-0.25, -0.2) is 4.98 Å². The minimum atomic E-state index is -4.67. The van der Waals surface area contributed by atoms with Crippen molar-refractivity contribution in [2.24, 2.45) is 10.9 Å². The van der Waals surface area contributed by atoms with Gasteiger partial charge in [-0.3, -0.25) is 24.1 Å². The van der Waals surface area contributed by atoms with Gasteiger partial charge in [-0.15, -0.1) is 0 Å². The van der Waals surface area contributed by atoms with E-state index in [-0.39, 0.29) is 24.4 Å². The Morgan fingerprint density at radius 1 is 1.17 bits per heavy atom. The number of hydrogen-bond donors (Lipinski definition) is 0. The van der Waals surface area contributed by atoms with Crippen molar-refractivity contribution >= 4 is 29.3 Å². The number of fused-ring (bicyclic) bond motifs is 3. The summed E-state index contributed by atoms with van der Waals surface area (Å²) < 4.78 is 47.8. The molecule has 36 heavy (non-hydrogen) atoms. The van der Waals surface area contributed by atoms with Crippen LogP contribution in [-0.2, 0) is 20.5 Å². The Balaban J connectivity index is 1.61. The Hall–Kier alpha value is -3.53. The first-order valence-electron chi connectivity index (χ1n) is 11.3. The van der Waals surface area contributed by atoms with Gasteiger partial charge in [-0.1, -0.05) is 17.7 Å². The van der Waals surface area contributed by atoms with Gasteiger partial charge in [0.2, 0.25) is 0 Å². The molecule has 1 fully saturated rings. The lowest BCUT2D eigenvalue weighted by Crippen LogP contribution is -2.15. The van der Waals surface area contributed by atoms with Crippen LogP contribution in [0.2, 0.25) is 5.02 Å². The summed E-state index contributed by atoms with van der Waals surface area (Å²) >= 11 is 6.41. The van der Waals surface area contributed by atoms with Crippen molar-refractivity contribution in [3.8, 4) is 5.69 Å². The monoisotopic (exact) mass is 516 g/mol. The van der Waals surface area contributed by atoms with E-state index in [0.29, 0.717) is 41.3 Å². The molecule has 3 aromatic rings. The summed E-state index contributed by atoms with van der Waals surface area (Å²) in [5.74, 6) is -1.12. The Labute approximate surface area is 209 Å². The molecule has 0 radical (unpaired) electrons. The number of carbonyl (C=O) groups excluding carboxylic acids is 2. The molecule has 5 rings (SSSR count). The number of benzene rings is 1. The number of nitrogens with zero attached hydrogens (tertiary/aromatic N) is 4. The van der Waals surface area contributed by atoms with Gasteiger partial charge >= 0.3 is 18.1 Å². The zero-order chi connectivity index (χ0) is 25.6. The van der Waals surface area contributed by atoms with Gasteiger partial charge in [0.15, 0.2) is 0 Å². The molecule has 0 amide bonds. The van der Waals surface area contributed by atoms with Crippen molar-refractivity contribution in [2.45, 2.75) is 44.8 Å². The normalized spacial score (nSPS) is 17.0. The van der Waals surface area contributed by atoms with E-state index in [2.05, 4.69) is 9.97 Å². The van der Waals surface area contributed by atoms with Crippen molar-refractivity contribution in [3.05, 3.63) is 76.1 Å². The molecule has 0 unspecified atom stereocenters. The predicted molar refractivity (Wildman–Crippen MR) is 124 cm³/mol. The molecule has 1 atom stereocenters. The van der Waals surface area contributed by atoms with Crippen LogP contribution in [0, 0.1) is 12.8 Å². The second-order valence-electron chi connectivity index (χ2n) is 8.73. The summed E-state index contributed by atoms with van der Waals surface area (Å²) in [4.78, 5) is 37.8. The zero-order valence-electron chi connectivity index (χ0n) is 19.1. The van der Waals surface area contributed by atoms with Crippen LogP contribution in [0.3, 0.4) is 0 Å². The molecule has 2 aliphatic rings. The van der Waals surface area contributed by atoms with Crippen molar-refractivity contribution in [1.82, 2.24) is 14.5 Å². The van der Waals surface area contributed by atoms with Crippen molar-refractivity contribution in [2.75, 3.05) is 0 Å². The van der Waals surface area contributed by atoms with Gasteiger partial charge in [-0.05, 0) is 50.5 Å². The first-order chi connectivity index (χ1) is 17.1. The van der Waals surface area contributed by atoms with Crippen molar-refractivity contribution < 1.29 is 27.5 Å². The number of hydrogen-bond acceptors (Lipinski definition) is 6. The molecule has 186 valence electrons. The average molecular weight is 517 g/mol. The second kappa shape index (κ2) is 9.16. The molecule has 0 saturated heterocycles. The summed E-state index contributed by atoms with van der Waals surface area (Å²) in [6.07, 6.45) is -0.212. The fourth-order valence-corrected chi connectivity index (χ4v) is 4.54. The topological polar surface area (TPSA) is 86.4 Å². The number of aryl methyl sites for hydroxylation is 1. The maximum absolute atomic E-state index is 13.8.